The van der Waals surface area contributed by atoms with E-state index in [0.29, 0.717) is 5.92 Å². The minimum Gasteiger partial charge on any atom is -0.396 e. The molecule has 0 saturated heterocycles. The number of halogens is 1. The predicted octanol–water partition coefficient (Wildman–Crippen LogP) is 2.28. The van der Waals surface area contributed by atoms with E-state index in [1.54, 1.807) is 12.1 Å². The molecule has 0 spiro atoms. The van der Waals surface area contributed by atoms with Crippen molar-refractivity contribution in [3.63, 3.8) is 0 Å². The fraction of sp³-hybridized carbons (Fsp3) is 0.429. The summed E-state index contributed by atoms with van der Waals surface area (Å²) in [5, 5.41) is 12.0. The summed E-state index contributed by atoms with van der Waals surface area (Å²) in [5.74, 6) is 0.189. The third kappa shape index (κ3) is 5.11. The molecule has 2 N–H and O–H groups in total. The van der Waals surface area contributed by atoms with Crippen LogP contribution in [0, 0.1) is 18.7 Å². The standard InChI is InChI=1S/C7H7F.C7H13NO/c1-6-2-4-7(8)5-3-6;1-6-2-3-8-4-7(6)5-9/h2-5H,1H3;2,7-9H,3-5H2,1H3. The Hall–Kier alpha value is -1.19. The second-order valence-corrected chi connectivity index (χ2v) is 4.28. The summed E-state index contributed by atoms with van der Waals surface area (Å²) in [6.45, 7) is 6.16. The van der Waals surface area contributed by atoms with E-state index in [2.05, 4.69) is 18.3 Å². The highest BCUT2D eigenvalue weighted by Crippen LogP contribution is 2.10. The van der Waals surface area contributed by atoms with Crippen LogP contribution in [0.1, 0.15) is 12.5 Å². The van der Waals surface area contributed by atoms with Gasteiger partial charge in [0.25, 0.3) is 0 Å². The summed E-state index contributed by atoms with van der Waals surface area (Å²) in [6, 6.07) is 6.40. The first kappa shape index (κ1) is 13.9. The first-order valence-corrected chi connectivity index (χ1v) is 5.84. The van der Waals surface area contributed by atoms with Crippen molar-refractivity contribution in [1.29, 1.82) is 0 Å². The molecule has 0 amide bonds. The van der Waals surface area contributed by atoms with Crippen molar-refractivity contribution < 1.29 is 9.50 Å². The van der Waals surface area contributed by atoms with Crippen LogP contribution >= 0.6 is 0 Å². The van der Waals surface area contributed by atoms with Crippen LogP contribution in [0.15, 0.2) is 35.9 Å². The molecule has 1 aromatic carbocycles. The minimum atomic E-state index is -0.171. The smallest absolute Gasteiger partial charge is 0.123 e. The molecule has 3 heteroatoms. The van der Waals surface area contributed by atoms with E-state index < -0.39 is 0 Å². The number of nitrogens with one attached hydrogen (secondary N) is 1. The normalized spacial score (nSPS) is 19.1. The highest BCUT2D eigenvalue weighted by Gasteiger charge is 2.11. The molecule has 2 rings (SSSR count). The zero-order chi connectivity index (χ0) is 12.7. The van der Waals surface area contributed by atoms with E-state index in [0.717, 1.165) is 18.7 Å². The number of aryl methyl sites for hydroxylation is 1. The van der Waals surface area contributed by atoms with Crippen LogP contribution in [0.3, 0.4) is 0 Å². The minimum absolute atomic E-state index is 0.171. The van der Waals surface area contributed by atoms with Gasteiger partial charge in [-0.25, -0.2) is 4.39 Å². The van der Waals surface area contributed by atoms with Crippen LogP contribution in [-0.2, 0) is 0 Å². The average Bonchev–Trinajstić information content (AvgIpc) is 2.34. The molecule has 1 atom stereocenters. The van der Waals surface area contributed by atoms with E-state index in [4.69, 9.17) is 5.11 Å². The van der Waals surface area contributed by atoms with Crippen molar-refractivity contribution in [2.45, 2.75) is 13.8 Å². The lowest BCUT2D eigenvalue weighted by Crippen LogP contribution is -2.30. The van der Waals surface area contributed by atoms with Gasteiger partial charge in [0.15, 0.2) is 0 Å². The number of hydrogen-bond acceptors (Lipinski definition) is 2. The van der Waals surface area contributed by atoms with Gasteiger partial charge in [-0.2, -0.15) is 0 Å². The maximum atomic E-state index is 12.1. The summed E-state index contributed by atoms with van der Waals surface area (Å²) in [5.41, 5.74) is 2.41. The monoisotopic (exact) mass is 237 g/mol. The quantitative estimate of drug-likeness (QED) is 0.734. The molecule has 94 valence electrons. The topological polar surface area (TPSA) is 32.3 Å². The molecular weight excluding hydrogens is 217 g/mol. The number of aliphatic hydroxyl groups excluding tert-OH is 1. The third-order valence-corrected chi connectivity index (χ3v) is 2.83. The molecule has 0 aliphatic carbocycles. The predicted molar refractivity (Wildman–Crippen MR) is 68.3 cm³/mol. The Morgan fingerprint density at radius 2 is 1.94 bits per heavy atom. The van der Waals surface area contributed by atoms with Gasteiger partial charge in [0.2, 0.25) is 0 Å². The van der Waals surface area contributed by atoms with Gasteiger partial charge in [-0.05, 0) is 26.0 Å². The van der Waals surface area contributed by atoms with Gasteiger partial charge in [0.1, 0.15) is 5.82 Å². The second-order valence-electron chi connectivity index (χ2n) is 4.28. The van der Waals surface area contributed by atoms with Crippen molar-refractivity contribution in [1.82, 2.24) is 5.32 Å². The van der Waals surface area contributed by atoms with Crippen LogP contribution in [0.4, 0.5) is 4.39 Å². The van der Waals surface area contributed by atoms with Gasteiger partial charge in [0, 0.05) is 19.0 Å². The first-order chi connectivity index (χ1) is 8.13. The Bertz CT molecular complexity index is 338. The number of rotatable bonds is 1. The molecule has 17 heavy (non-hydrogen) atoms. The molecular formula is C14H20FNO. The summed E-state index contributed by atoms with van der Waals surface area (Å²) in [7, 11) is 0. The van der Waals surface area contributed by atoms with E-state index in [-0.39, 0.29) is 12.4 Å². The molecule has 0 saturated carbocycles. The molecule has 1 aliphatic rings. The summed E-state index contributed by atoms with van der Waals surface area (Å²) >= 11 is 0. The van der Waals surface area contributed by atoms with Gasteiger partial charge < -0.3 is 10.4 Å². The highest BCUT2D eigenvalue weighted by molar-refractivity contribution is 5.13. The largest absolute Gasteiger partial charge is 0.396 e. The average molecular weight is 237 g/mol. The fourth-order valence-electron chi connectivity index (χ4n) is 1.56. The zero-order valence-corrected chi connectivity index (χ0v) is 10.4. The second kappa shape index (κ2) is 7.20. The van der Waals surface area contributed by atoms with E-state index in [9.17, 15) is 4.39 Å². The molecule has 2 nitrogen and oxygen atoms in total. The summed E-state index contributed by atoms with van der Waals surface area (Å²) in [4.78, 5) is 0. The molecule has 0 radical (unpaired) electrons. The van der Waals surface area contributed by atoms with Gasteiger partial charge in [-0.1, -0.05) is 29.3 Å². The maximum absolute atomic E-state index is 12.1. The van der Waals surface area contributed by atoms with Crippen molar-refractivity contribution in [3.05, 3.63) is 47.3 Å². The van der Waals surface area contributed by atoms with Gasteiger partial charge in [0.05, 0.1) is 6.61 Å². The molecule has 0 aromatic heterocycles. The third-order valence-electron chi connectivity index (χ3n) is 2.83. The van der Waals surface area contributed by atoms with Crippen LogP contribution < -0.4 is 5.32 Å². The molecule has 1 heterocycles. The Labute approximate surface area is 102 Å². The molecule has 1 unspecified atom stereocenters. The Balaban J connectivity index is 0.000000171. The fourth-order valence-corrected chi connectivity index (χ4v) is 1.56. The SMILES string of the molecule is CC1=CCNCC1CO.Cc1ccc(F)cc1. The van der Waals surface area contributed by atoms with Crippen molar-refractivity contribution in [2.75, 3.05) is 19.7 Å². The Morgan fingerprint density at radius 3 is 2.35 bits per heavy atom. The molecule has 0 bridgehead atoms. The van der Waals surface area contributed by atoms with Crippen molar-refractivity contribution in [2.24, 2.45) is 5.92 Å². The summed E-state index contributed by atoms with van der Waals surface area (Å²) in [6.07, 6.45) is 2.13. The number of benzene rings is 1. The lowest BCUT2D eigenvalue weighted by Gasteiger charge is -2.19. The van der Waals surface area contributed by atoms with Gasteiger partial charge in [-0.15, -0.1) is 0 Å². The number of hydrogen-bond donors (Lipinski definition) is 2. The zero-order valence-electron chi connectivity index (χ0n) is 10.4. The van der Waals surface area contributed by atoms with Crippen LogP contribution in [0.2, 0.25) is 0 Å². The van der Waals surface area contributed by atoms with Crippen LogP contribution in [0.25, 0.3) is 0 Å². The lowest BCUT2D eigenvalue weighted by atomic mass is 9.99. The highest BCUT2D eigenvalue weighted by atomic mass is 19.1. The first-order valence-electron chi connectivity index (χ1n) is 5.84. The van der Waals surface area contributed by atoms with E-state index in [1.165, 1.54) is 17.7 Å². The number of aliphatic hydroxyl groups is 1. The van der Waals surface area contributed by atoms with Crippen LogP contribution in [0.5, 0.6) is 0 Å². The lowest BCUT2D eigenvalue weighted by molar-refractivity contribution is 0.240. The van der Waals surface area contributed by atoms with E-state index in [1.807, 2.05) is 6.92 Å². The molecule has 1 aliphatic heterocycles. The summed E-state index contributed by atoms with van der Waals surface area (Å²) < 4.78 is 12.1. The van der Waals surface area contributed by atoms with Gasteiger partial charge in [-0.3, -0.25) is 0 Å². The van der Waals surface area contributed by atoms with Crippen LogP contribution in [-0.4, -0.2) is 24.8 Å². The van der Waals surface area contributed by atoms with Crippen molar-refractivity contribution in [3.8, 4) is 0 Å². The van der Waals surface area contributed by atoms with E-state index >= 15 is 0 Å². The maximum Gasteiger partial charge on any atom is 0.123 e. The Morgan fingerprint density at radius 1 is 1.29 bits per heavy atom. The van der Waals surface area contributed by atoms with Crippen molar-refractivity contribution >= 4 is 0 Å². The molecule has 1 aromatic rings. The Kier molecular flexibility index (Phi) is 5.87. The van der Waals surface area contributed by atoms with Gasteiger partial charge >= 0.3 is 0 Å². The molecule has 0 fully saturated rings.